The normalized spacial score (nSPS) is 15.1. The van der Waals surface area contributed by atoms with Crippen LogP contribution < -0.4 is 14.8 Å². The molecule has 0 radical (unpaired) electrons. The summed E-state index contributed by atoms with van der Waals surface area (Å²) < 4.78 is 10.7. The van der Waals surface area contributed by atoms with Crippen LogP contribution in [0.3, 0.4) is 0 Å². The molecule has 1 amide bonds. The van der Waals surface area contributed by atoms with Gasteiger partial charge < -0.3 is 14.8 Å². The fourth-order valence-electron chi connectivity index (χ4n) is 2.89. The van der Waals surface area contributed by atoms with Gasteiger partial charge in [0.05, 0.1) is 10.7 Å². The van der Waals surface area contributed by atoms with Crippen LogP contribution in [0.5, 0.6) is 11.5 Å². The molecular weight excluding hydrogens is 336 g/mol. The highest BCUT2D eigenvalue weighted by atomic mass is 32.1. The van der Waals surface area contributed by atoms with Crippen molar-refractivity contribution < 1.29 is 14.3 Å². The molecule has 0 spiro atoms. The molecule has 2 aromatic rings. The minimum atomic E-state index is -0.0149. The van der Waals surface area contributed by atoms with E-state index in [0.717, 1.165) is 45.3 Å². The Morgan fingerprint density at radius 1 is 1.32 bits per heavy atom. The number of hydrogen-bond donors (Lipinski definition) is 1. The van der Waals surface area contributed by atoms with E-state index in [2.05, 4.69) is 16.4 Å². The van der Waals surface area contributed by atoms with Gasteiger partial charge >= 0.3 is 0 Å². The SMILES string of the molecule is Cc1nc(C2=CCC(C(=O)NCCc3ccc4c(c3)OCO4)=C2)cs1. The smallest absolute Gasteiger partial charge is 0.247 e. The van der Waals surface area contributed by atoms with E-state index in [1.54, 1.807) is 11.3 Å². The number of allylic oxidation sites excluding steroid dienone is 3. The Kier molecular flexibility index (Phi) is 4.28. The highest BCUT2D eigenvalue weighted by molar-refractivity contribution is 7.09. The van der Waals surface area contributed by atoms with Crippen molar-refractivity contribution in [1.29, 1.82) is 0 Å². The lowest BCUT2D eigenvalue weighted by molar-refractivity contribution is -0.117. The van der Waals surface area contributed by atoms with E-state index in [4.69, 9.17) is 9.47 Å². The fourth-order valence-corrected chi connectivity index (χ4v) is 3.51. The molecule has 0 saturated heterocycles. The van der Waals surface area contributed by atoms with Crippen molar-refractivity contribution in [1.82, 2.24) is 10.3 Å². The molecule has 1 aliphatic heterocycles. The summed E-state index contributed by atoms with van der Waals surface area (Å²) in [6.07, 6.45) is 5.40. The second-order valence-electron chi connectivity index (χ2n) is 5.98. The zero-order chi connectivity index (χ0) is 17.2. The number of aromatic nitrogens is 1. The summed E-state index contributed by atoms with van der Waals surface area (Å²) >= 11 is 1.62. The minimum absolute atomic E-state index is 0.0149. The maximum absolute atomic E-state index is 12.3. The number of aryl methyl sites for hydroxylation is 1. The van der Waals surface area contributed by atoms with Gasteiger partial charge in [0.1, 0.15) is 0 Å². The summed E-state index contributed by atoms with van der Waals surface area (Å²) in [5.41, 5.74) is 3.88. The van der Waals surface area contributed by atoms with Crippen molar-refractivity contribution in [3.63, 3.8) is 0 Å². The molecule has 1 aromatic carbocycles. The molecule has 1 N–H and O–H groups in total. The van der Waals surface area contributed by atoms with Gasteiger partial charge in [-0.15, -0.1) is 11.3 Å². The first-order valence-corrected chi connectivity index (χ1v) is 9.07. The molecule has 25 heavy (non-hydrogen) atoms. The Morgan fingerprint density at radius 3 is 3.04 bits per heavy atom. The number of carbonyl (C=O) groups is 1. The quantitative estimate of drug-likeness (QED) is 0.895. The number of hydrogen-bond acceptors (Lipinski definition) is 5. The van der Waals surface area contributed by atoms with Crippen molar-refractivity contribution in [3.05, 3.63) is 57.6 Å². The molecule has 2 aliphatic rings. The van der Waals surface area contributed by atoms with Gasteiger partial charge in [0, 0.05) is 17.5 Å². The number of fused-ring (bicyclic) bond motifs is 1. The number of benzene rings is 1. The van der Waals surface area contributed by atoms with Crippen molar-refractivity contribution in [2.45, 2.75) is 19.8 Å². The van der Waals surface area contributed by atoms with Crippen molar-refractivity contribution in [3.8, 4) is 11.5 Å². The third-order valence-electron chi connectivity index (χ3n) is 4.21. The first kappa shape index (κ1) is 15.9. The number of thiazole rings is 1. The Morgan fingerprint density at radius 2 is 2.20 bits per heavy atom. The van der Waals surface area contributed by atoms with Crippen molar-refractivity contribution in [2.75, 3.05) is 13.3 Å². The summed E-state index contributed by atoms with van der Waals surface area (Å²) in [5.74, 6) is 1.54. The van der Waals surface area contributed by atoms with Crippen molar-refractivity contribution >= 4 is 22.8 Å². The lowest BCUT2D eigenvalue weighted by Crippen LogP contribution is -2.26. The van der Waals surface area contributed by atoms with E-state index in [-0.39, 0.29) is 12.7 Å². The van der Waals surface area contributed by atoms with Crippen LogP contribution in [0.15, 0.2) is 41.3 Å². The van der Waals surface area contributed by atoms with E-state index in [9.17, 15) is 4.79 Å². The van der Waals surface area contributed by atoms with Gasteiger partial charge in [0.15, 0.2) is 11.5 Å². The predicted molar refractivity (Wildman–Crippen MR) is 96.8 cm³/mol. The van der Waals surface area contributed by atoms with Gasteiger partial charge in [-0.1, -0.05) is 12.1 Å². The highest BCUT2D eigenvalue weighted by Gasteiger charge is 2.17. The molecule has 0 unspecified atom stereocenters. The molecule has 0 bridgehead atoms. The predicted octanol–water partition coefficient (Wildman–Crippen LogP) is 3.25. The Labute approximate surface area is 150 Å². The van der Waals surface area contributed by atoms with Crippen LogP contribution in [0.25, 0.3) is 5.57 Å². The summed E-state index contributed by atoms with van der Waals surface area (Å²) in [6, 6.07) is 5.87. The number of nitrogens with zero attached hydrogens (tertiary/aromatic N) is 1. The third kappa shape index (κ3) is 3.44. The average molecular weight is 354 g/mol. The van der Waals surface area contributed by atoms with E-state index >= 15 is 0 Å². The maximum atomic E-state index is 12.3. The van der Waals surface area contributed by atoms with Crippen LogP contribution in [0, 0.1) is 6.92 Å². The summed E-state index contributed by atoms with van der Waals surface area (Å²) in [6.45, 7) is 2.84. The Bertz CT molecular complexity index is 883. The van der Waals surface area contributed by atoms with Gasteiger partial charge in [-0.25, -0.2) is 4.98 Å². The molecule has 128 valence electrons. The second kappa shape index (κ2) is 6.72. The minimum Gasteiger partial charge on any atom is -0.454 e. The van der Waals surface area contributed by atoms with Gasteiger partial charge in [0.25, 0.3) is 0 Å². The molecule has 1 aliphatic carbocycles. The Hall–Kier alpha value is -2.60. The molecule has 0 fully saturated rings. The van der Waals surface area contributed by atoms with E-state index in [1.807, 2.05) is 36.6 Å². The van der Waals surface area contributed by atoms with Gasteiger partial charge in [-0.2, -0.15) is 0 Å². The first-order chi connectivity index (χ1) is 12.2. The zero-order valence-electron chi connectivity index (χ0n) is 13.9. The molecule has 1 aromatic heterocycles. The lowest BCUT2D eigenvalue weighted by Gasteiger charge is -2.06. The number of rotatable bonds is 5. The number of amides is 1. The summed E-state index contributed by atoms with van der Waals surface area (Å²) in [4.78, 5) is 16.8. The standard InChI is InChI=1S/C19H18N2O3S/c1-12-21-16(10-25-12)14-3-4-15(9-14)19(22)20-7-6-13-2-5-17-18(8-13)24-11-23-17/h2-3,5,8-10H,4,6-7,11H2,1H3,(H,20,22). The summed E-state index contributed by atoms with van der Waals surface area (Å²) in [7, 11) is 0. The molecule has 0 atom stereocenters. The third-order valence-corrected chi connectivity index (χ3v) is 4.99. The number of carbonyl (C=O) groups excluding carboxylic acids is 1. The van der Waals surface area contributed by atoms with E-state index in [0.29, 0.717) is 13.0 Å². The zero-order valence-corrected chi connectivity index (χ0v) is 14.7. The summed E-state index contributed by atoms with van der Waals surface area (Å²) in [5, 5.41) is 6.05. The largest absolute Gasteiger partial charge is 0.454 e. The van der Waals surface area contributed by atoms with E-state index in [1.165, 1.54) is 0 Å². The lowest BCUT2D eigenvalue weighted by atomic mass is 10.1. The van der Waals surface area contributed by atoms with Crippen LogP contribution in [0.4, 0.5) is 0 Å². The van der Waals surface area contributed by atoms with Crippen LogP contribution in [0.2, 0.25) is 0 Å². The average Bonchev–Trinajstić information content (AvgIpc) is 3.34. The molecule has 0 saturated carbocycles. The molecular formula is C19H18N2O3S. The molecule has 6 heteroatoms. The van der Waals surface area contributed by atoms with Crippen LogP contribution in [0.1, 0.15) is 22.7 Å². The molecule has 5 nitrogen and oxygen atoms in total. The van der Waals surface area contributed by atoms with Crippen LogP contribution in [-0.2, 0) is 11.2 Å². The van der Waals surface area contributed by atoms with Crippen LogP contribution >= 0.6 is 11.3 Å². The van der Waals surface area contributed by atoms with Gasteiger partial charge in [-0.05, 0) is 49.1 Å². The number of ether oxygens (including phenoxy) is 2. The van der Waals surface area contributed by atoms with Crippen LogP contribution in [-0.4, -0.2) is 24.2 Å². The highest BCUT2D eigenvalue weighted by Crippen LogP contribution is 2.32. The Balaban J connectivity index is 1.31. The monoisotopic (exact) mass is 354 g/mol. The topological polar surface area (TPSA) is 60.5 Å². The molecule has 2 heterocycles. The second-order valence-corrected chi connectivity index (χ2v) is 7.04. The first-order valence-electron chi connectivity index (χ1n) is 8.19. The molecule has 4 rings (SSSR count). The van der Waals surface area contributed by atoms with E-state index < -0.39 is 0 Å². The van der Waals surface area contributed by atoms with Gasteiger partial charge in [-0.3, -0.25) is 4.79 Å². The maximum Gasteiger partial charge on any atom is 0.247 e. The number of nitrogens with one attached hydrogen (secondary N) is 1. The van der Waals surface area contributed by atoms with Gasteiger partial charge in [0.2, 0.25) is 12.7 Å². The van der Waals surface area contributed by atoms with Crippen molar-refractivity contribution in [2.24, 2.45) is 0 Å². The fraction of sp³-hybridized carbons (Fsp3) is 0.263.